The smallest absolute Gasteiger partial charge is 0.329 e. The molecule has 182 valence electrons. The maximum Gasteiger partial charge on any atom is 0.329 e. The van der Waals surface area contributed by atoms with Gasteiger partial charge >= 0.3 is 11.8 Å². The summed E-state index contributed by atoms with van der Waals surface area (Å²) in [6.07, 6.45) is 2.11. The number of carbonyl (C=O) groups excluding carboxylic acids is 3. The number of anilines is 1. The van der Waals surface area contributed by atoms with Crippen molar-refractivity contribution in [3.05, 3.63) is 51.1 Å². The number of nitrogens with one attached hydrogen (secondary N) is 3. The predicted octanol–water partition coefficient (Wildman–Crippen LogP) is 3.38. The van der Waals surface area contributed by atoms with Crippen LogP contribution in [0.3, 0.4) is 0 Å². The Balaban J connectivity index is 2.04. The topological polar surface area (TPSA) is 118 Å². The number of rotatable bonds is 10. The quantitative estimate of drug-likeness (QED) is 0.173. The molecule has 34 heavy (non-hydrogen) atoms. The van der Waals surface area contributed by atoms with Crippen molar-refractivity contribution in [3.8, 4) is 11.5 Å². The summed E-state index contributed by atoms with van der Waals surface area (Å²) in [6.45, 7) is 7.68. The van der Waals surface area contributed by atoms with Gasteiger partial charge in [0.05, 0.1) is 16.4 Å². The van der Waals surface area contributed by atoms with E-state index in [1.165, 1.54) is 6.21 Å². The van der Waals surface area contributed by atoms with Crippen LogP contribution in [0.4, 0.5) is 5.69 Å². The molecule has 0 aliphatic carbocycles. The van der Waals surface area contributed by atoms with Gasteiger partial charge in [-0.05, 0) is 85.2 Å². The van der Waals surface area contributed by atoms with Crippen molar-refractivity contribution < 1.29 is 23.9 Å². The Morgan fingerprint density at radius 3 is 2.56 bits per heavy atom. The number of amides is 3. The monoisotopic (exact) mass is 580 g/mol. The molecule has 0 spiro atoms. The summed E-state index contributed by atoms with van der Waals surface area (Å²) in [5.41, 5.74) is 4.55. The molecule has 2 aromatic rings. The van der Waals surface area contributed by atoms with Crippen LogP contribution in [-0.2, 0) is 14.4 Å². The molecule has 9 nitrogen and oxygen atoms in total. The Kier molecular flexibility index (Phi) is 10.8. The first-order valence-corrected chi connectivity index (χ1v) is 11.9. The first-order chi connectivity index (χ1) is 16.2. The highest BCUT2D eigenvalue weighted by atomic mass is 127. The standard InChI is InChI=1S/C24H29IN4O5/c1-5-16(4)27-23(31)24(32)29-26-13-17-11-19(25)22(20(12-17)33-6-2)34-14-21(30)28-18-9-7-8-15(3)10-18/h7-13,16H,5-6,14H2,1-4H3,(H,27,31)(H,28,30)(H,29,32)/b26-13-/t16-/m1/s1. The zero-order valence-electron chi connectivity index (χ0n) is 19.6. The lowest BCUT2D eigenvalue weighted by Gasteiger charge is -2.14. The fourth-order valence-electron chi connectivity index (χ4n) is 2.73. The summed E-state index contributed by atoms with van der Waals surface area (Å²) in [5.74, 6) is -1.04. The van der Waals surface area contributed by atoms with Gasteiger partial charge in [0.15, 0.2) is 18.1 Å². The molecule has 0 aromatic heterocycles. The number of benzene rings is 2. The SMILES string of the molecule is CCOc1cc(/C=N\NC(=O)C(=O)N[C@H](C)CC)cc(I)c1OCC(=O)Nc1cccc(C)c1. The summed E-state index contributed by atoms with van der Waals surface area (Å²) in [5, 5.41) is 9.21. The highest BCUT2D eigenvalue weighted by molar-refractivity contribution is 14.1. The molecule has 0 bridgehead atoms. The first kappa shape index (κ1) is 27.1. The molecule has 0 aliphatic heterocycles. The number of hydrogen-bond donors (Lipinski definition) is 3. The lowest BCUT2D eigenvalue weighted by molar-refractivity contribution is -0.139. The molecule has 1 atom stereocenters. The van der Waals surface area contributed by atoms with Crippen molar-refractivity contribution in [2.45, 2.75) is 40.2 Å². The fourth-order valence-corrected chi connectivity index (χ4v) is 3.51. The van der Waals surface area contributed by atoms with E-state index >= 15 is 0 Å². The minimum atomic E-state index is -0.851. The molecular weight excluding hydrogens is 551 g/mol. The zero-order chi connectivity index (χ0) is 25.1. The Labute approximate surface area is 212 Å². The van der Waals surface area contributed by atoms with E-state index in [0.29, 0.717) is 39.3 Å². The average Bonchev–Trinajstić information content (AvgIpc) is 2.78. The number of hydrazone groups is 1. The van der Waals surface area contributed by atoms with Crippen molar-refractivity contribution in [1.29, 1.82) is 0 Å². The van der Waals surface area contributed by atoms with Gasteiger partial charge in [0.25, 0.3) is 5.91 Å². The van der Waals surface area contributed by atoms with Gasteiger partial charge in [-0.1, -0.05) is 19.1 Å². The van der Waals surface area contributed by atoms with Crippen LogP contribution in [-0.4, -0.2) is 43.2 Å². The second kappa shape index (κ2) is 13.5. The summed E-state index contributed by atoms with van der Waals surface area (Å²) < 4.78 is 12.1. The maximum atomic E-state index is 12.3. The van der Waals surface area contributed by atoms with Gasteiger partial charge in [-0.15, -0.1) is 0 Å². The summed E-state index contributed by atoms with van der Waals surface area (Å²) in [7, 11) is 0. The summed E-state index contributed by atoms with van der Waals surface area (Å²) >= 11 is 2.07. The molecule has 3 N–H and O–H groups in total. The Morgan fingerprint density at radius 2 is 1.88 bits per heavy atom. The molecule has 0 unspecified atom stereocenters. The van der Waals surface area contributed by atoms with Crippen molar-refractivity contribution in [3.63, 3.8) is 0 Å². The van der Waals surface area contributed by atoms with Gasteiger partial charge in [-0.25, -0.2) is 5.43 Å². The number of halogens is 1. The fraction of sp³-hybridized carbons (Fsp3) is 0.333. The van der Waals surface area contributed by atoms with E-state index in [1.807, 2.05) is 45.9 Å². The second-order valence-electron chi connectivity index (χ2n) is 7.45. The van der Waals surface area contributed by atoms with Gasteiger partial charge in [0.2, 0.25) is 0 Å². The molecule has 0 aliphatic rings. The Morgan fingerprint density at radius 1 is 1.12 bits per heavy atom. The molecule has 0 saturated carbocycles. The first-order valence-electron chi connectivity index (χ1n) is 10.8. The van der Waals surface area contributed by atoms with Crippen LogP contribution in [0.2, 0.25) is 0 Å². The Bertz CT molecular complexity index is 1060. The molecule has 0 saturated heterocycles. The minimum absolute atomic E-state index is 0.107. The van der Waals surface area contributed by atoms with Gasteiger partial charge in [-0.2, -0.15) is 5.10 Å². The van der Waals surface area contributed by atoms with Crippen molar-refractivity contribution in [2.24, 2.45) is 5.10 Å². The third-order valence-corrected chi connectivity index (χ3v) is 5.36. The maximum absolute atomic E-state index is 12.3. The van der Waals surface area contributed by atoms with E-state index in [9.17, 15) is 14.4 Å². The highest BCUT2D eigenvalue weighted by Crippen LogP contribution is 2.34. The number of carbonyl (C=O) groups is 3. The molecule has 10 heteroatoms. The molecule has 0 radical (unpaired) electrons. The lowest BCUT2D eigenvalue weighted by Crippen LogP contribution is -2.41. The molecular formula is C24H29IN4O5. The van der Waals surface area contributed by atoms with Crippen LogP contribution in [0.25, 0.3) is 0 Å². The van der Waals surface area contributed by atoms with Gasteiger partial charge < -0.3 is 20.1 Å². The van der Waals surface area contributed by atoms with Crippen LogP contribution < -0.4 is 25.5 Å². The predicted molar refractivity (Wildman–Crippen MR) is 139 cm³/mol. The number of hydrogen-bond acceptors (Lipinski definition) is 6. The van der Waals surface area contributed by atoms with Crippen molar-refractivity contribution in [1.82, 2.24) is 10.7 Å². The zero-order valence-corrected chi connectivity index (χ0v) is 21.8. The van der Waals surface area contributed by atoms with Gasteiger partial charge in [0, 0.05) is 11.7 Å². The van der Waals surface area contributed by atoms with E-state index in [-0.39, 0.29) is 18.6 Å². The van der Waals surface area contributed by atoms with Crippen LogP contribution in [0.5, 0.6) is 11.5 Å². The van der Waals surface area contributed by atoms with E-state index in [4.69, 9.17) is 9.47 Å². The minimum Gasteiger partial charge on any atom is -0.490 e. The summed E-state index contributed by atoms with van der Waals surface area (Å²) in [4.78, 5) is 36.0. The van der Waals surface area contributed by atoms with Crippen molar-refractivity contribution >= 4 is 52.2 Å². The third kappa shape index (κ3) is 8.65. The van der Waals surface area contributed by atoms with Crippen LogP contribution in [0, 0.1) is 10.5 Å². The van der Waals surface area contributed by atoms with Crippen LogP contribution in [0.15, 0.2) is 41.5 Å². The number of nitrogens with zero attached hydrogens (tertiary/aromatic N) is 1. The number of aryl methyl sites for hydroxylation is 1. The van der Waals surface area contributed by atoms with E-state index < -0.39 is 11.8 Å². The highest BCUT2D eigenvalue weighted by Gasteiger charge is 2.16. The van der Waals surface area contributed by atoms with E-state index in [0.717, 1.165) is 5.56 Å². The van der Waals surface area contributed by atoms with Crippen molar-refractivity contribution in [2.75, 3.05) is 18.5 Å². The molecule has 3 amide bonds. The number of ether oxygens (including phenoxy) is 2. The van der Waals surface area contributed by atoms with Gasteiger partial charge in [-0.3, -0.25) is 14.4 Å². The summed E-state index contributed by atoms with van der Waals surface area (Å²) in [6, 6.07) is 10.8. The van der Waals surface area contributed by atoms with Gasteiger partial charge in [0.1, 0.15) is 0 Å². The lowest BCUT2D eigenvalue weighted by atomic mass is 10.2. The van der Waals surface area contributed by atoms with Crippen LogP contribution >= 0.6 is 22.6 Å². The third-order valence-electron chi connectivity index (χ3n) is 4.56. The normalized spacial score (nSPS) is 11.6. The Hall–Kier alpha value is -3.15. The molecule has 0 fully saturated rings. The van der Waals surface area contributed by atoms with Crippen LogP contribution in [0.1, 0.15) is 38.3 Å². The molecule has 2 rings (SSSR count). The largest absolute Gasteiger partial charge is 0.490 e. The van der Waals surface area contributed by atoms with E-state index in [2.05, 4.69) is 43.8 Å². The molecule has 2 aromatic carbocycles. The second-order valence-corrected chi connectivity index (χ2v) is 8.61. The average molecular weight is 580 g/mol. The van der Waals surface area contributed by atoms with E-state index in [1.54, 1.807) is 18.2 Å². The molecule has 0 heterocycles.